The van der Waals surface area contributed by atoms with E-state index in [1.165, 1.54) is 0 Å². The molecule has 0 spiro atoms. The third-order valence-corrected chi connectivity index (χ3v) is 11.7. The molecular weight excluding hydrogens is 412 g/mol. The van der Waals surface area contributed by atoms with Crippen molar-refractivity contribution in [1.29, 1.82) is 0 Å². The molecule has 8 heteroatoms. The second-order valence-corrected chi connectivity index (χ2v) is 15.4. The Kier molecular flexibility index (Phi) is 7.65. The van der Waals surface area contributed by atoms with Gasteiger partial charge in [-0.25, -0.2) is 4.98 Å². The topological polar surface area (TPSA) is 69.2 Å². The van der Waals surface area contributed by atoms with Gasteiger partial charge >= 0.3 is 0 Å². The fourth-order valence-corrected chi connectivity index (χ4v) is 4.97. The number of thiazole rings is 1. The molecule has 1 fully saturated rings. The standard InChI is InChI=1S/C22H36N4O2SSi/c1-16-7-8-20(26-25-16)19(17-9-11-23-12-10-17)14-27-21-24-18(15-29-21)13-28-30(5,6)22(2,3)4/h7-8,15,17,19,23H,9-14H2,1-6H3. The van der Waals surface area contributed by atoms with E-state index in [9.17, 15) is 0 Å². The molecule has 0 saturated carbocycles. The van der Waals surface area contributed by atoms with Gasteiger partial charge < -0.3 is 14.5 Å². The van der Waals surface area contributed by atoms with E-state index in [1.54, 1.807) is 11.3 Å². The second kappa shape index (κ2) is 9.85. The lowest BCUT2D eigenvalue weighted by atomic mass is 9.83. The summed E-state index contributed by atoms with van der Waals surface area (Å²) < 4.78 is 12.5. The van der Waals surface area contributed by atoms with Crippen LogP contribution in [0.3, 0.4) is 0 Å². The van der Waals surface area contributed by atoms with Crippen LogP contribution in [0.4, 0.5) is 0 Å². The molecule has 1 unspecified atom stereocenters. The molecule has 166 valence electrons. The smallest absolute Gasteiger partial charge is 0.273 e. The zero-order chi connectivity index (χ0) is 21.8. The first-order valence-corrected chi connectivity index (χ1v) is 14.7. The number of aromatic nitrogens is 3. The van der Waals surface area contributed by atoms with Crippen molar-refractivity contribution in [2.45, 2.75) is 71.2 Å². The molecule has 2 aromatic rings. The number of hydrogen-bond donors (Lipinski definition) is 1. The molecule has 0 bridgehead atoms. The summed E-state index contributed by atoms with van der Waals surface area (Å²) in [5, 5.41) is 15.1. The second-order valence-electron chi connectivity index (χ2n) is 9.76. The van der Waals surface area contributed by atoms with Gasteiger partial charge in [-0.3, -0.25) is 0 Å². The van der Waals surface area contributed by atoms with Crippen LogP contribution >= 0.6 is 11.3 Å². The number of aryl methyl sites for hydroxylation is 1. The zero-order valence-corrected chi connectivity index (χ0v) is 21.0. The van der Waals surface area contributed by atoms with Crippen molar-refractivity contribution in [2.24, 2.45) is 5.92 Å². The van der Waals surface area contributed by atoms with Crippen LogP contribution in [0.2, 0.25) is 18.1 Å². The Bertz CT molecular complexity index is 798. The Labute approximate surface area is 186 Å². The normalized spacial score (nSPS) is 17.1. The summed E-state index contributed by atoms with van der Waals surface area (Å²) in [6, 6.07) is 4.13. The number of hydrogen-bond acceptors (Lipinski definition) is 7. The predicted octanol–water partition coefficient (Wildman–Crippen LogP) is 4.93. The predicted molar refractivity (Wildman–Crippen MR) is 125 cm³/mol. The van der Waals surface area contributed by atoms with E-state index in [4.69, 9.17) is 9.16 Å². The van der Waals surface area contributed by atoms with Crippen LogP contribution in [0.1, 0.15) is 56.6 Å². The molecule has 0 aromatic carbocycles. The first kappa shape index (κ1) is 23.3. The molecule has 0 amide bonds. The van der Waals surface area contributed by atoms with Crippen molar-refractivity contribution in [1.82, 2.24) is 20.5 Å². The summed E-state index contributed by atoms with van der Waals surface area (Å²) in [7, 11) is -1.78. The number of ether oxygens (including phenoxy) is 1. The fraction of sp³-hybridized carbons (Fsp3) is 0.682. The van der Waals surface area contributed by atoms with Gasteiger partial charge in [-0.15, -0.1) is 0 Å². The Hall–Kier alpha value is -1.35. The van der Waals surface area contributed by atoms with Gasteiger partial charge in [0, 0.05) is 11.3 Å². The van der Waals surface area contributed by atoms with Crippen LogP contribution in [0.5, 0.6) is 5.19 Å². The third-order valence-electron chi connectivity index (χ3n) is 6.46. The van der Waals surface area contributed by atoms with Crippen molar-refractivity contribution >= 4 is 19.7 Å². The third kappa shape index (κ3) is 6.09. The minimum Gasteiger partial charge on any atom is -0.469 e. The Balaban J connectivity index is 1.62. The van der Waals surface area contributed by atoms with Crippen LogP contribution in [0.25, 0.3) is 0 Å². The molecule has 1 N–H and O–H groups in total. The Morgan fingerprint density at radius 3 is 2.57 bits per heavy atom. The lowest BCUT2D eigenvalue weighted by Crippen LogP contribution is -2.40. The van der Waals surface area contributed by atoms with E-state index in [-0.39, 0.29) is 11.0 Å². The molecule has 3 rings (SSSR count). The van der Waals surface area contributed by atoms with Gasteiger partial charge in [-0.2, -0.15) is 10.2 Å². The minimum atomic E-state index is -1.78. The van der Waals surface area contributed by atoms with Crippen LogP contribution in [0.15, 0.2) is 17.5 Å². The average Bonchev–Trinajstić information content (AvgIpc) is 3.16. The maximum absolute atomic E-state index is 6.30. The molecular formula is C22H36N4O2SSi. The summed E-state index contributed by atoms with van der Waals surface area (Å²) >= 11 is 1.55. The highest BCUT2D eigenvalue weighted by Gasteiger charge is 2.37. The molecule has 1 aliphatic heterocycles. The van der Waals surface area contributed by atoms with Crippen LogP contribution in [-0.4, -0.2) is 43.2 Å². The van der Waals surface area contributed by atoms with Gasteiger partial charge in [0.25, 0.3) is 5.19 Å². The lowest BCUT2D eigenvalue weighted by Gasteiger charge is -2.35. The van der Waals surface area contributed by atoms with Crippen molar-refractivity contribution in [3.05, 3.63) is 34.6 Å². The molecule has 30 heavy (non-hydrogen) atoms. The van der Waals surface area contributed by atoms with Gasteiger partial charge in [-0.1, -0.05) is 32.1 Å². The van der Waals surface area contributed by atoms with E-state index >= 15 is 0 Å². The van der Waals surface area contributed by atoms with E-state index in [1.807, 2.05) is 18.4 Å². The molecule has 1 saturated heterocycles. The lowest BCUT2D eigenvalue weighted by molar-refractivity contribution is 0.212. The SMILES string of the molecule is Cc1ccc(C(COc2nc(CO[Si](C)(C)C(C)(C)C)cs2)C2CCNCC2)nn1. The fourth-order valence-electron chi connectivity index (χ4n) is 3.37. The van der Waals surface area contributed by atoms with Crippen molar-refractivity contribution < 1.29 is 9.16 Å². The van der Waals surface area contributed by atoms with Gasteiger partial charge in [0.05, 0.1) is 30.3 Å². The van der Waals surface area contributed by atoms with Crippen molar-refractivity contribution in [2.75, 3.05) is 19.7 Å². The quantitative estimate of drug-likeness (QED) is 0.578. The first-order valence-electron chi connectivity index (χ1n) is 10.9. The van der Waals surface area contributed by atoms with Crippen LogP contribution in [-0.2, 0) is 11.0 Å². The molecule has 0 radical (unpaired) electrons. The summed E-state index contributed by atoms with van der Waals surface area (Å²) in [5.41, 5.74) is 2.91. The number of nitrogens with one attached hydrogen (secondary N) is 1. The Morgan fingerprint density at radius 2 is 1.93 bits per heavy atom. The number of nitrogens with zero attached hydrogens (tertiary/aromatic N) is 3. The maximum Gasteiger partial charge on any atom is 0.273 e. The molecule has 6 nitrogen and oxygen atoms in total. The highest BCUT2D eigenvalue weighted by atomic mass is 32.1. The number of rotatable bonds is 8. The van der Waals surface area contributed by atoms with E-state index in [0.717, 1.165) is 43.0 Å². The van der Waals surface area contributed by atoms with Crippen molar-refractivity contribution in [3.8, 4) is 5.19 Å². The van der Waals surface area contributed by atoms with Gasteiger partial charge in [-0.05, 0) is 69.0 Å². The molecule has 1 atom stereocenters. The van der Waals surface area contributed by atoms with Crippen LogP contribution in [0, 0.1) is 12.8 Å². The largest absolute Gasteiger partial charge is 0.469 e. The van der Waals surface area contributed by atoms with Gasteiger partial charge in [0.15, 0.2) is 8.32 Å². The molecule has 1 aliphatic rings. The molecule has 2 aromatic heterocycles. The molecule has 0 aliphatic carbocycles. The monoisotopic (exact) mass is 448 g/mol. The van der Waals surface area contributed by atoms with Gasteiger partial charge in [0.2, 0.25) is 0 Å². The first-order chi connectivity index (χ1) is 14.2. The maximum atomic E-state index is 6.30. The summed E-state index contributed by atoms with van der Waals surface area (Å²) in [5.74, 6) is 0.778. The number of piperidine rings is 1. The van der Waals surface area contributed by atoms with E-state index in [0.29, 0.717) is 24.3 Å². The zero-order valence-electron chi connectivity index (χ0n) is 19.2. The van der Waals surface area contributed by atoms with Crippen LogP contribution < -0.4 is 10.1 Å². The van der Waals surface area contributed by atoms with E-state index < -0.39 is 8.32 Å². The summed E-state index contributed by atoms with van der Waals surface area (Å²) in [6.07, 6.45) is 2.26. The Morgan fingerprint density at radius 1 is 1.20 bits per heavy atom. The summed E-state index contributed by atoms with van der Waals surface area (Å²) in [6.45, 7) is 16.5. The average molecular weight is 449 g/mol. The highest BCUT2D eigenvalue weighted by molar-refractivity contribution is 7.11. The highest BCUT2D eigenvalue weighted by Crippen LogP contribution is 2.37. The summed E-state index contributed by atoms with van der Waals surface area (Å²) in [4.78, 5) is 4.67. The van der Waals surface area contributed by atoms with Crippen molar-refractivity contribution in [3.63, 3.8) is 0 Å². The molecule has 3 heterocycles. The minimum absolute atomic E-state index is 0.194. The van der Waals surface area contributed by atoms with E-state index in [2.05, 4.69) is 60.4 Å². The van der Waals surface area contributed by atoms with Gasteiger partial charge in [0.1, 0.15) is 0 Å².